The van der Waals surface area contributed by atoms with Crippen LogP contribution in [-0.2, 0) is 4.74 Å². The Balaban J connectivity index is 2.65. The highest BCUT2D eigenvalue weighted by molar-refractivity contribution is 5.07. The lowest BCUT2D eigenvalue weighted by molar-refractivity contribution is -0.0390. The smallest absolute Gasteiger partial charge is 0.0824 e. The van der Waals surface area contributed by atoms with E-state index in [1.165, 1.54) is 12.0 Å². The highest BCUT2D eigenvalue weighted by atomic mass is 16.5. The lowest BCUT2D eigenvalue weighted by Crippen LogP contribution is -2.32. The minimum Gasteiger partial charge on any atom is -0.371 e. The van der Waals surface area contributed by atoms with Crippen LogP contribution in [0.4, 0.5) is 0 Å². The molecule has 0 aromatic rings. The molecule has 0 spiro atoms. The molecule has 0 unspecified atom stereocenters. The van der Waals surface area contributed by atoms with Crippen molar-refractivity contribution in [2.24, 2.45) is 5.92 Å². The Morgan fingerprint density at radius 1 is 1.46 bits per heavy atom. The largest absolute Gasteiger partial charge is 0.371 e. The van der Waals surface area contributed by atoms with E-state index in [9.17, 15) is 0 Å². The molecule has 1 heteroatoms. The summed E-state index contributed by atoms with van der Waals surface area (Å²) in [5.41, 5.74) is 1.25. The third-order valence-corrected chi connectivity index (χ3v) is 2.69. The molecule has 0 saturated carbocycles. The second-order valence-electron chi connectivity index (χ2n) is 3.97. The average Bonchev–Trinajstić information content (AvgIpc) is 2.04. The number of rotatable bonds is 2. The van der Waals surface area contributed by atoms with Gasteiger partial charge in [-0.3, -0.25) is 0 Å². The van der Waals surface area contributed by atoms with Gasteiger partial charge in [0.15, 0.2) is 0 Å². The summed E-state index contributed by atoms with van der Waals surface area (Å²) in [6.45, 7) is 10.3. The SMILES string of the molecule is C=C(C)[C@@H]1CC[C@@H](C)O[C@H]1/C=C/C. The van der Waals surface area contributed by atoms with Crippen LogP contribution in [0.2, 0.25) is 0 Å². The van der Waals surface area contributed by atoms with Gasteiger partial charge in [-0.2, -0.15) is 0 Å². The highest BCUT2D eigenvalue weighted by Gasteiger charge is 2.27. The van der Waals surface area contributed by atoms with Gasteiger partial charge >= 0.3 is 0 Å². The molecule has 1 aliphatic rings. The summed E-state index contributed by atoms with van der Waals surface area (Å²) in [5.74, 6) is 0.521. The van der Waals surface area contributed by atoms with Crippen molar-refractivity contribution in [2.45, 2.75) is 45.8 Å². The normalized spacial score (nSPS) is 35.2. The van der Waals surface area contributed by atoms with Crippen LogP contribution in [0.5, 0.6) is 0 Å². The van der Waals surface area contributed by atoms with Crippen LogP contribution in [0, 0.1) is 5.92 Å². The first-order chi connectivity index (χ1) is 6.15. The summed E-state index contributed by atoms with van der Waals surface area (Å²) < 4.78 is 5.85. The van der Waals surface area contributed by atoms with Crippen LogP contribution >= 0.6 is 0 Å². The fourth-order valence-electron chi connectivity index (χ4n) is 1.91. The molecule has 1 saturated heterocycles. The average molecular weight is 180 g/mol. The first kappa shape index (κ1) is 10.5. The maximum atomic E-state index is 5.85. The van der Waals surface area contributed by atoms with E-state index in [0.29, 0.717) is 12.0 Å². The molecule has 74 valence electrons. The van der Waals surface area contributed by atoms with Gasteiger partial charge < -0.3 is 4.74 Å². The predicted octanol–water partition coefficient (Wildman–Crippen LogP) is 3.32. The Morgan fingerprint density at radius 3 is 2.69 bits per heavy atom. The Labute approximate surface area is 81.5 Å². The van der Waals surface area contributed by atoms with Gasteiger partial charge in [0.2, 0.25) is 0 Å². The predicted molar refractivity (Wildman–Crippen MR) is 56.7 cm³/mol. The first-order valence-electron chi connectivity index (χ1n) is 5.08. The summed E-state index contributed by atoms with van der Waals surface area (Å²) in [6.07, 6.45) is 7.24. The van der Waals surface area contributed by atoms with Gasteiger partial charge in [0.05, 0.1) is 12.2 Å². The standard InChI is InChI=1S/C12H20O/c1-5-6-12-11(9(2)3)8-7-10(4)13-12/h5-6,10-12H,2,7-8H2,1,3-4H3/b6-5+/t10-,11+,12+/m1/s1. The minimum atomic E-state index is 0.256. The van der Waals surface area contributed by atoms with Crippen LogP contribution in [0.25, 0.3) is 0 Å². The van der Waals surface area contributed by atoms with E-state index in [2.05, 4.69) is 32.6 Å². The molecule has 1 rings (SSSR count). The van der Waals surface area contributed by atoms with Crippen molar-refractivity contribution in [3.63, 3.8) is 0 Å². The lowest BCUT2D eigenvalue weighted by atomic mass is 9.87. The zero-order valence-electron chi connectivity index (χ0n) is 8.92. The maximum absolute atomic E-state index is 5.85. The van der Waals surface area contributed by atoms with Gasteiger partial charge in [0.25, 0.3) is 0 Å². The lowest BCUT2D eigenvalue weighted by Gasteiger charge is -2.34. The third-order valence-electron chi connectivity index (χ3n) is 2.69. The van der Waals surface area contributed by atoms with Crippen molar-refractivity contribution in [1.29, 1.82) is 0 Å². The molecule has 13 heavy (non-hydrogen) atoms. The van der Waals surface area contributed by atoms with Crippen LogP contribution in [0.15, 0.2) is 24.3 Å². The van der Waals surface area contributed by atoms with E-state index < -0.39 is 0 Å². The molecule has 0 aliphatic carbocycles. The topological polar surface area (TPSA) is 9.23 Å². The van der Waals surface area contributed by atoms with E-state index in [-0.39, 0.29) is 6.10 Å². The molecular weight excluding hydrogens is 160 g/mol. The van der Waals surface area contributed by atoms with E-state index >= 15 is 0 Å². The summed E-state index contributed by atoms with van der Waals surface area (Å²) in [6, 6.07) is 0. The molecule has 0 bridgehead atoms. The molecule has 0 N–H and O–H groups in total. The molecule has 0 radical (unpaired) electrons. The molecule has 3 atom stereocenters. The quantitative estimate of drug-likeness (QED) is 0.592. The summed E-state index contributed by atoms with van der Waals surface area (Å²) in [4.78, 5) is 0. The van der Waals surface area contributed by atoms with Gasteiger partial charge in [-0.05, 0) is 33.6 Å². The summed E-state index contributed by atoms with van der Waals surface area (Å²) in [5, 5.41) is 0. The molecular formula is C12H20O. The van der Waals surface area contributed by atoms with Crippen molar-refractivity contribution in [3.8, 4) is 0 Å². The minimum absolute atomic E-state index is 0.256. The van der Waals surface area contributed by atoms with Crippen molar-refractivity contribution < 1.29 is 4.74 Å². The van der Waals surface area contributed by atoms with Gasteiger partial charge in [-0.25, -0.2) is 0 Å². The summed E-state index contributed by atoms with van der Waals surface area (Å²) in [7, 11) is 0. The fourth-order valence-corrected chi connectivity index (χ4v) is 1.91. The van der Waals surface area contributed by atoms with Crippen LogP contribution in [-0.4, -0.2) is 12.2 Å². The zero-order valence-corrected chi connectivity index (χ0v) is 8.92. The molecule has 1 heterocycles. The Morgan fingerprint density at radius 2 is 2.15 bits per heavy atom. The first-order valence-corrected chi connectivity index (χ1v) is 5.08. The van der Waals surface area contributed by atoms with Gasteiger partial charge in [-0.1, -0.05) is 24.3 Å². The van der Waals surface area contributed by atoms with Gasteiger partial charge in [0, 0.05) is 5.92 Å². The zero-order chi connectivity index (χ0) is 9.84. The number of ether oxygens (including phenoxy) is 1. The van der Waals surface area contributed by atoms with E-state index in [1.54, 1.807) is 0 Å². The van der Waals surface area contributed by atoms with Crippen molar-refractivity contribution in [1.82, 2.24) is 0 Å². The Hall–Kier alpha value is -0.560. The third kappa shape index (κ3) is 2.70. The number of hydrogen-bond donors (Lipinski definition) is 0. The van der Waals surface area contributed by atoms with Gasteiger partial charge in [-0.15, -0.1) is 0 Å². The molecule has 0 aromatic heterocycles. The molecule has 0 amide bonds. The molecule has 1 aliphatic heterocycles. The van der Waals surface area contributed by atoms with Crippen LogP contribution in [0.1, 0.15) is 33.6 Å². The fraction of sp³-hybridized carbons (Fsp3) is 0.667. The van der Waals surface area contributed by atoms with Crippen LogP contribution < -0.4 is 0 Å². The molecule has 1 fully saturated rings. The molecule has 1 nitrogen and oxygen atoms in total. The number of hydrogen-bond acceptors (Lipinski definition) is 1. The second kappa shape index (κ2) is 4.61. The van der Waals surface area contributed by atoms with E-state index in [0.717, 1.165) is 6.42 Å². The summed E-state index contributed by atoms with van der Waals surface area (Å²) >= 11 is 0. The Bertz CT molecular complexity index is 205. The van der Waals surface area contributed by atoms with Crippen molar-refractivity contribution in [2.75, 3.05) is 0 Å². The van der Waals surface area contributed by atoms with Crippen molar-refractivity contribution in [3.05, 3.63) is 24.3 Å². The van der Waals surface area contributed by atoms with Gasteiger partial charge in [0.1, 0.15) is 0 Å². The highest BCUT2D eigenvalue weighted by Crippen LogP contribution is 2.30. The Kier molecular flexibility index (Phi) is 3.73. The second-order valence-corrected chi connectivity index (χ2v) is 3.97. The number of allylic oxidation sites excluding steroid dienone is 1. The van der Waals surface area contributed by atoms with Crippen molar-refractivity contribution >= 4 is 0 Å². The molecule has 0 aromatic carbocycles. The maximum Gasteiger partial charge on any atom is 0.0824 e. The van der Waals surface area contributed by atoms with Crippen LogP contribution in [0.3, 0.4) is 0 Å². The monoisotopic (exact) mass is 180 g/mol. The van der Waals surface area contributed by atoms with E-state index in [1.807, 2.05) is 6.92 Å². The van der Waals surface area contributed by atoms with E-state index in [4.69, 9.17) is 4.74 Å².